The Kier molecular flexibility index (Phi) is 3.30. The Labute approximate surface area is 92.1 Å². The van der Waals surface area contributed by atoms with Crippen molar-refractivity contribution in [1.29, 1.82) is 0 Å². The van der Waals surface area contributed by atoms with Gasteiger partial charge in [0.05, 0.1) is 12.6 Å². The van der Waals surface area contributed by atoms with Crippen LogP contribution in [0.1, 0.15) is 30.4 Å². The Hall–Kier alpha value is -0.970. The van der Waals surface area contributed by atoms with Gasteiger partial charge in [-0.1, -0.05) is 0 Å². The SMILES string of the molecule is O=C(O)CCc1ncc(C2CCSC2)o1. The quantitative estimate of drug-likeness (QED) is 0.851. The maximum Gasteiger partial charge on any atom is 0.303 e. The first-order valence-corrected chi connectivity index (χ1v) is 6.15. The van der Waals surface area contributed by atoms with Gasteiger partial charge in [-0.05, 0) is 12.2 Å². The molecule has 1 N–H and O–H groups in total. The smallest absolute Gasteiger partial charge is 0.303 e. The summed E-state index contributed by atoms with van der Waals surface area (Å²) in [6, 6.07) is 0. The zero-order chi connectivity index (χ0) is 10.7. The fourth-order valence-electron chi connectivity index (χ4n) is 1.60. The summed E-state index contributed by atoms with van der Waals surface area (Å²) in [5.74, 6) is 3.39. The van der Waals surface area contributed by atoms with E-state index < -0.39 is 5.97 Å². The molecule has 0 saturated carbocycles. The molecule has 2 rings (SSSR count). The van der Waals surface area contributed by atoms with Crippen LogP contribution in [0.25, 0.3) is 0 Å². The molecule has 1 unspecified atom stereocenters. The van der Waals surface area contributed by atoms with Crippen molar-refractivity contribution in [2.45, 2.75) is 25.2 Å². The largest absolute Gasteiger partial charge is 0.481 e. The van der Waals surface area contributed by atoms with E-state index in [0.717, 1.165) is 17.9 Å². The van der Waals surface area contributed by atoms with Crippen LogP contribution in [-0.4, -0.2) is 27.6 Å². The molecule has 1 aromatic heterocycles. The van der Waals surface area contributed by atoms with Gasteiger partial charge in [-0.3, -0.25) is 4.79 Å². The van der Waals surface area contributed by atoms with Crippen molar-refractivity contribution in [3.8, 4) is 0 Å². The molecule has 1 atom stereocenters. The topological polar surface area (TPSA) is 63.3 Å². The third-order valence-electron chi connectivity index (χ3n) is 2.46. The minimum Gasteiger partial charge on any atom is -0.481 e. The lowest BCUT2D eigenvalue weighted by molar-refractivity contribution is -0.137. The summed E-state index contributed by atoms with van der Waals surface area (Å²) in [5, 5.41) is 8.52. The summed E-state index contributed by atoms with van der Waals surface area (Å²) >= 11 is 1.92. The number of hydrogen-bond acceptors (Lipinski definition) is 4. The molecule has 82 valence electrons. The van der Waals surface area contributed by atoms with E-state index in [-0.39, 0.29) is 6.42 Å². The molecule has 2 heterocycles. The molecule has 15 heavy (non-hydrogen) atoms. The Morgan fingerprint density at radius 2 is 2.60 bits per heavy atom. The monoisotopic (exact) mass is 227 g/mol. The van der Waals surface area contributed by atoms with Crippen LogP contribution in [0.3, 0.4) is 0 Å². The zero-order valence-electron chi connectivity index (χ0n) is 8.31. The Morgan fingerprint density at radius 1 is 1.73 bits per heavy atom. The molecule has 0 bridgehead atoms. The van der Waals surface area contributed by atoms with E-state index in [1.54, 1.807) is 6.20 Å². The number of aryl methyl sites for hydroxylation is 1. The Balaban J connectivity index is 1.94. The maximum absolute atomic E-state index is 10.4. The van der Waals surface area contributed by atoms with Crippen molar-refractivity contribution < 1.29 is 14.3 Å². The minimum atomic E-state index is -0.814. The summed E-state index contributed by atoms with van der Waals surface area (Å²) in [6.45, 7) is 0. The third-order valence-corrected chi connectivity index (χ3v) is 3.62. The number of nitrogens with zero attached hydrogens (tertiary/aromatic N) is 1. The number of oxazole rings is 1. The van der Waals surface area contributed by atoms with Crippen LogP contribution < -0.4 is 0 Å². The van der Waals surface area contributed by atoms with Crippen LogP contribution in [0.2, 0.25) is 0 Å². The van der Waals surface area contributed by atoms with Gasteiger partial charge in [-0.25, -0.2) is 4.98 Å². The highest BCUT2D eigenvalue weighted by Gasteiger charge is 2.21. The number of aromatic nitrogens is 1. The maximum atomic E-state index is 10.4. The number of aliphatic carboxylic acids is 1. The molecule has 0 radical (unpaired) electrons. The van der Waals surface area contributed by atoms with Crippen LogP contribution in [0.5, 0.6) is 0 Å². The van der Waals surface area contributed by atoms with Crippen LogP contribution in [0, 0.1) is 0 Å². The molecule has 0 aromatic carbocycles. The van der Waals surface area contributed by atoms with E-state index in [0.29, 0.717) is 18.2 Å². The standard InChI is InChI=1S/C10H13NO3S/c12-10(13)2-1-9-11-5-8(14-9)7-3-4-15-6-7/h5,7H,1-4,6H2,(H,12,13). The molecular formula is C10H13NO3S. The van der Waals surface area contributed by atoms with Gasteiger partial charge in [0.25, 0.3) is 0 Å². The van der Waals surface area contributed by atoms with Gasteiger partial charge in [0.1, 0.15) is 5.76 Å². The second kappa shape index (κ2) is 4.70. The molecule has 1 aromatic rings. The highest BCUT2D eigenvalue weighted by atomic mass is 32.2. The lowest BCUT2D eigenvalue weighted by Crippen LogP contribution is -1.97. The van der Waals surface area contributed by atoms with E-state index in [1.165, 1.54) is 5.75 Å². The fourth-order valence-corrected chi connectivity index (χ4v) is 2.83. The molecular weight excluding hydrogens is 214 g/mol. The van der Waals surface area contributed by atoms with E-state index in [1.807, 2.05) is 11.8 Å². The molecule has 0 aliphatic carbocycles. The van der Waals surface area contributed by atoms with Gasteiger partial charge in [0.15, 0.2) is 5.89 Å². The first kappa shape index (κ1) is 10.5. The summed E-state index contributed by atoms with van der Waals surface area (Å²) in [5.41, 5.74) is 0. The number of carboxylic acids is 1. The van der Waals surface area contributed by atoms with Crippen LogP contribution in [0.15, 0.2) is 10.6 Å². The highest BCUT2D eigenvalue weighted by Crippen LogP contribution is 2.32. The highest BCUT2D eigenvalue weighted by molar-refractivity contribution is 7.99. The number of thioether (sulfide) groups is 1. The van der Waals surface area contributed by atoms with Crippen molar-refractivity contribution in [2.24, 2.45) is 0 Å². The van der Waals surface area contributed by atoms with Crippen molar-refractivity contribution in [1.82, 2.24) is 4.98 Å². The van der Waals surface area contributed by atoms with Gasteiger partial charge in [-0.15, -0.1) is 0 Å². The molecule has 1 aliphatic heterocycles. The zero-order valence-corrected chi connectivity index (χ0v) is 9.13. The fraction of sp³-hybridized carbons (Fsp3) is 0.600. The summed E-state index contributed by atoms with van der Waals surface area (Å²) in [6.07, 6.45) is 3.35. The number of carboxylic acid groups (broad SMARTS) is 1. The molecule has 1 aliphatic rings. The lowest BCUT2D eigenvalue weighted by Gasteiger charge is -2.01. The van der Waals surface area contributed by atoms with Gasteiger partial charge in [-0.2, -0.15) is 11.8 Å². The first-order valence-electron chi connectivity index (χ1n) is 5.00. The normalized spacial score (nSPS) is 20.7. The summed E-state index contributed by atoms with van der Waals surface area (Å²) < 4.78 is 5.53. The van der Waals surface area contributed by atoms with Gasteiger partial charge in [0.2, 0.25) is 0 Å². The molecule has 4 nitrogen and oxygen atoms in total. The molecule has 1 saturated heterocycles. The molecule has 1 fully saturated rings. The summed E-state index contributed by atoms with van der Waals surface area (Å²) in [7, 11) is 0. The van der Waals surface area contributed by atoms with Crippen LogP contribution in [0.4, 0.5) is 0 Å². The van der Waals surface area contributed by atoms with Crippen molar-refractivity contribution in [3.63, 3.8) is 0 Å². The summed E-state index contributed by atoms with van der Waals surface area (Å²) in [4.78, 5) is 14.5. The van der Waals surface area contributed by atoms with E-state index in [4.69, 9.17) is 9.52 Å². The average molecular weight is 227 g/mol. The number of hydrogen-bond donors (Lipinski definition) is 1. The molecule has 0 amide bonds. The van der Waals surface area contributed by atoms with Gasteiger partial charge in [0, 0.05) is 18.1 Å². The lowest BCUT2D eigenvalue weighted by atomic mass is 10.1. The second-order valence-electron chi connectivity index (χ2n) is 3.61. The first-order chi connectivity index (χ1) is 7.25. The second-order valence-corrected chi connectivity index (χ2v) is 4.76. The predicted molar refractivity (Wildman–Crippen MR) is 57.1 cm³/mol. The van der Waals surface area contributed by atoms with Crippen molar-refractivity contribution >= 4 is 17.7 Å². The van der Waals surface area contributed by atoms with Crippen molar-refractivity contribution in [2.75, 3.05) is 11.5 Å². The third kappa shape index (κ3) is 2.75. The predicted octanol–water partition coefficient (Wildman–Crippen LogP) is 1.91. The number of carbonyl (C=O) groups is 1. The van der Waals surface area contributed by atoms with Crippen molar-refractivity contribution in [3.05, 3.63) is 17.8 Å². The van der Waals surface area contributed by atoms with Crippen LogP contribution in [-0.2, 0) is 11.2 Å². The molecule has 0 spiro atoms. The van der Waals surface area contributed by atoms with E-state index >= 15 is 0 Å². The average Bonchev–Trinajstić information content (AvgIpc) is 2.85. The number of rotatable bonds is 4. The van der Waals surface area contributed by atoms with Crippen LogP contribution >= 0.6 is 11.8 Å². The molecule has 5 heteroatoms. The minimum absolute atomic E-state index is 0.0827. The van der Waals surface area contributed by atoms with E-state index in [9.17, 15) is 4.79 Å². The van der Waals surface area contributed by atoms with Gasteiger partial charge < -0.3 is 9.52 Å². The van der Waals surface area contributed by atoms with E-state index in [2.05, 4.69) is 4.98 Å². The Bertz CT molecular complexity index is 344. The van der Waals surface area contributed by atoms with Gasteiger partial charge >= 0.3 is 5.97 Å². The Morgan fingerprint density at radius 3 is 3.27 bits per heavy atom.